The van der Waals surface area contributed by atoms with Crippen LogP contribution in [0, 0.1) is 13.8 Å². The SMILES string of the molecule is Cc1cc(CNCC2CCCS2(=O)=O)c(C)s1. The predicted molar refractivity (Wildman–Crippen MR) is 72.3 cm³/mol. The third-order valence-corrected chi connectivity index (χ3v) is 6.58. The van der Waals surface area contributed by atoms with Crippen molar-refractivity contribution in [1.29, 1.82) is 0 Å². The minimum atomic E-state index is -2.81. The second-order valence-corrected chi connectivity index (χ2v) is 8.56. The van der Waals surface area contributed by atoms with Gasteiger partial charge in [-0.05, 0) is 38.3 Å². The molecular weight excluding hydrogens is 254 g/mol. The zero-order valence-electron chi connectivity index (χ0n) is 10.3. The van der Waals surface area contributed by atoms with Crippen LogP contribution in [-0.2, 0) is 16.4 Å². The molecule has 0 amide bonds. The Bertz CT molecular complexity index is 491. The number of hydrogen-bond acceptors (Lipinski definition) is 4. The highest BCUT2D eigenvalue weighted by atomic mass is 32.2. The van der Waals surface area contributed by atoms with Gasteiger partial charge in [0.15, 0.2) is 9.84 Å². The lowest BCUT2D eigenvalue weighted by Crippen LogP contribution is -2.30. The van der Waals surface area contributed by atoms with Crippen molar-refractivity contribution in [2.24, 2.45) is 0 Å². The van der Waals surface area contributed by atoms with Crippen molar-refractivity contribution >= 4 is 21.2 Å². The first kappa shape index (κ1) is 13.1. The maximum absolute atomic E-state index is 11.6. The van der Waals surface area contributed by atoms with E-state index in [0.717, 1.165) is 19.4 Å². The molecule has 1 saturated heterocycles. The second-order valence-electron chi connectivity index (χ2n) is 4.70. The monoisotopic (exact) mass is 273 g/mol. The van der Waals surface area contributed by atoms with Gasteiger partial charge >= 0.3 is 0 Å². The Labute approximate surface area is 107 Å². The third kappa shape index (κ3) is 3.09. The molecule has 0 saturated carbocycles. The first-order valence-electron chi connectivity index (χ1n) is 5.97. The summed E-state index contributed by atoms with van der Waals surface area (Å²) in [4.78, 5) is 2.64. The van der Waals surface area contributed by atoms with E-state index >= 15 is 0 Å². The van der Waals surface area contributed by atoms with Gasteiger partial charge in [-0.15, -0.1) is 11.3 Å². The average Bonchev–Trinajstić information content (AvgIpc) is 2.71. The highest BCUT2D eigenvalue weighted by molar-refractivity contribution is 7.92. The van der Waals surface area contributed by atoms with E-state index in [1.54, 1.807) is 11.3 Å². The predicted octanol–water partition coefficient (Wildman–Crippen LogP) is 2.03. The van der Waals surface area contributed by atoms with Crippen molar-refractivity contribution in [2.75, 3.05) is 12.3 Å². The molecule has 1 unspecified atom stereocenters. The fraction of sp³-hybridized carbons (Fsp3) is 0.667. The van der Waals surface area contributed by atoms with Crippen LogP contribution in [0.5, 0.6) is 0 Å². The fourth-order valence-corrected chi connectivity index (χ4v) is 5.06. The van der Waals surface area contributed by atoms with Crippen LogP contribution < -0.4 is 5.32 Å². The minimum absolute atomic E-state index is 0.164. The summed E-state index contributed by atoms with van der Waals surface area (Å²) in [7, 11) is -2.81. The molecule has 1 aliphatic rings. The summed E-state index contributed by atoms with van der Waals surface area (Å²) in [5.74, 6) is 0.371. The maximum atomic E-state index is 11.6. The van der Waals surface area contributed by atoms with E-state index in [1.807, 2.05) is 0 Å². The summed E-state index contributed by atoms with van der Waals surface area (Å²) >= 11 is 1.79. The first-order chi connectivity index (χ1) is 7.99. The minimum Gasteiger partial charge on any atom is -0.311 e. The van der Waals surface area contributed by atoms with E-state index in [0.29, 0.717) is 12.3 Å². The van der Waals surface area contributed by atoms with E-state index < -0.39 is 9.84 Å². The maximum Gasteiger partial charge on any atom is 0.154 e. The first-order valence-corrected chi connectivity index (χ1v) is 8.50. The van der Waals surface area contributed by atoms with E-state index in [9.17, 15) is 8.42 Å². The number of nitrogens with one attached hydrogen (secondary N) is 1. The molecule has 0 aliphatic carbocycles. The van der Waals surface area contributed by atoms with Gasteiger partial charge in [0.2, 0.25) is 0 Å². The lowest BCUT2D eigenvalue weighted by atomic mass is 10.2. The number of thiophene rings is 1. The molecule has 0 radical (unpaired) electrons. The molecule has 3 nitrogen and oxygen atoms in total. The largest absolute Gasteiger partial charge is 0.311 e. The van der Waals surface area contributed by atoms with Gasteiger partial charge in [0.1, 0.15) is 0 Å². The Morgan fingerprint density at radius 2 is 2.24 bits per heavy atom. The zero-order chi connectivity index (χ0) is 12.5. The Balaban J connectivity index is 1.86. The molecule has 1 fully saturated rings. The quantitative estimate of drug-likeness (QED) is 0.913. The summed E-state index contributed by atoms with van der Waals surface area (Å²) in [5, 5.41) is 3.12. The molecule has 1 aromatic rings. The van der Waals surface area contributed by atoms with E-state index in [4.69, 9.17) is 0 Å². The number of sulfone groups is 1. The van der Waals surface area contributed by atoms with Gasteiger partial charge in [-0.1, -0.05) is 0 Å². The van der Waals surface area contributed by atoms with Crippen molar-refractivity contribution < 1.29 is 8.42 Å². The van der Waals surface area contributed by atoms with E-state index in [1.165, 1.54) is 15.3 Å². The molecule has 1 N–H and O–H groups in total. The summed E-state index contributed by atoms with van der Waals surface area (Å²) in [5.41, 5.74) is 1.29. The molecule has 17 heavy (non-hydrogen) atoms. The Morgan fingerprint density at radius 1 is 1.47 bits per heavy atom. The average molecular weight is 273 g/mol. The molecule has 2 rings (SSSR count). The number of aryl methyl sites for hydroxylation is 2. The smallest absolute Gasteiger partial charge is 0.154 e. The van der Waals surface area contributed by atoms with Crippen molar-refractivity contribution in [3.05, 3.63) is 21.4 Å². The lowest BCUT2D eigenvalue weighted by molar-refractivity contribution is 0.574. The number of hydrogen-bond donors (Lipinski definition) is 1. The molecule has 1 aliphatic heterocycles. The van der Waals surface area contributed by atoms with Gasteiger partial charge in [-0.25, -0.2) is 8.42 Å². The van der Waals surface area contributed by atoms with Crippen molar-refractivity contribution in [2.45, 2.75) is 38.5 Å². The Kier molecular flexibility index (Phi) is 3.90. The van der Waals surface area contributed by atoms with Gasteiger partial charge in [-0.2, -0.15) is 0 Å². The highest BCUT2D eigenvalue weighted by Crippen LogP contribution is 2.21. The zero-order valence-corrected chi connectivity index (χ0v) is 12.0. The summed E-state index contributed by atoms with van der Waals surface area (Å²) in [6.07, 6.45) is 1.64. The Hall–Kier alpha value is -0.390. The third-order valence-electron chi connectivity index (χ3n) is 3.29. The highest BCUT2D eigenvalue weighted by Gasteiger charge is 2.30. The molecule has 0 bridgehead atoms. The van der Waals surface area contributed by atoms with Gasteiger partial charge in [0, 0.05) is 22.8 Å². The molecule has 0 spiro atoms. The number of rotatable bonds is 4. The second kappa shape index (κ2) is 5.08. The van der Waals surface area contributed by atoms with Crippen LogP contribution in [0.1, 0.15) is 28.2 Å². The molecule has 96 valence electrons. The summed E-state index contributed by atoms with van der Waals surface area (Å²) in [6, 6.07) is 2.18. The summed E-state index contributed by atoms with van der Waals surface area (Å²) < 4.78 is 23.3. The van der Waals surface area contributed by atoms with Crippen LogP contribution in [0.3, 0.4) is 0 Å². The molecule has 1 aromatic heterocycles. The van der Waals surface area contributed by atoms with Crippen LogP contribution >= 0.6 is 11.3 Å². The van der Waals surface area contributed by atoms with Crippen molar-refractivity contribution in [3.63, 3.8) is 0 Å². The van der Waals surface area contributed by atoms with Crippen molar-refractivity contribution in [3.8, 4) is 0 Å². The molecule has 2 heterocycles. The standard InChI is InChI=1S/C12H19NO2S2/c1-9-6-11(10(2)16-9)7-13-8-12-4-3-5-17(12,14)15/h6,12-13H,3-5,7-8H2,1-2H3. The molecular formula is C12H19NO2S2. The summed E-state index contributed by atoms with van der Waals surface area (Å²) in [6.45, 7) is 5.59. The van der Waals surface area contributed by atoms with Crippen LogP contribution in [0.25, 0.3) is 0 Å². The van der Waals surface area contributed by atoms with Gasteiger partial charge in [-0.3, -0.25) is 0 Å². The normalized spacial score (nSPS) is 23.1. The molecule has 0 aromatic carbocycles. The van der Waals surface area contributed by atoms with E-state index in [2.05, 4.69) is 25.2 Å². The van der Waals surface area contributed by atoms with Crippen LogP contribution in [0.15, 0.2) is 6.07 Å². The molecule has 5 heteroatoms. The fourth-order valence-electron chi connectivity index (χ4n) is 2.31. The van der Waals surface area contributed by atoms with Gasteiger partial charge in [0.25, 0.3) is 0 Å². The molecule has 1 atom stereocenters. The van der Waals surface area contributed by atoms with Gasteiger partial charge < -0.3 is 5.32 Å². The van der Waals surface area contributed by atoms with E-state index in [-0.39, 0.29) is 5.25 Å². The Morgan fingerprint density at radius 3 is 2.76 bits per heavy atom. The lowest BCUT2D eigenvalue weighted by Gasteiger charge is -2.10. The van der Waals surface area contributed by atoms with Crippen molar-refractivity contribution in [1.82, 2.24) is 5.32 Å². The van der Waals surface area contributed by atoms with Gasteiger partial charge in [0.05, 0.1) is 11.0 Å². The van der Waals surface area contributed by atoms with Crippen LogP contribution in [-0.4, -0.2) is 26.0 Å². The topological polar surface area (TPSA) is 46.2 Å². The van der Waals surface area contributed by atoms with Crippen LogP contribution in [0.2, 0.25) is 0 Å². The van der Waals surface area contributed by atoms with Crippen LogP contribution in [0.4, 0.5) is 0 Å².